The van der Waals surface area contributed by atoms with E-state index in [1.165, 1.54) is 6.07 Å². The summed E-state index contributed by atoms with van der Waals surface area (Å²) in [6.45, 7) is -0.130. The molecule has 14 heavy (non-hydrogen) atoms. The van der Waals surface area contributed by atoms with Gasteiger partial charge in [-0.25, -0.2) is 4.39 Å². The third-order valence-corrected chi connectivity index (χ3v) is 2.12. The van der Waals surface area contributed by atoms with E-state index in [-0.39, 0.29) is 23.6 Å². The largest absolute Gasteiger partial charge is 0.505 e. The summed E-state index contributed by atoms with van der Waals surface area (Å²) in [5.41, 5.74) is 5.81. The molecular formula is C9H11ClFNO2. The zero-order valence-electron chi connectivity index (χ0n) is 7.37. The van der Waals surface area contributed by atoms with E-state index in [4.69, 9.17) is 22.4 Å². The molecule has 0 aliphatic heterocycles. The fourth-order valence-corrected chi connectivity index (χ4v) is 1.38. The number of benzene rings is 1. The Bertz CT molecular complexity index is 333. The predicted molar refractivity (Wildman–Crippen MR) is 51.7 cm³/mol. The second-order valence-electron chi connectivity index (χ2n) is 2.94. The lowest BCUT2D eigenvalue weighted by Crippen LogP contribution is -2.12. The van der Waals surface area contributed by atoms with Gasteiger partial charge in [-0.3, -0.25) is 0 Å². The van der Waals surface area contributed by atoms with E-state index in [0.29, 0.717) is 0 Å². The first-order valence-electron chi connectivity index (χ1n) is 4.10. The predicted octanol–water partition coefficient (Wildman–Crippen LogP) is 1.57. The number of hydrogen-bond acceptors (Lipinski definition) is 3. The second-order valence-corrected chi connectivity index (χ2v) is 3.38. The quantitative estimate of drug-likeness (QED) is 0.723. The standard InChI is InChI=1S/C9H11ClFNO2/c10-5-3-6(8(12)1-2-13)9(14)7(11)4-5/h3-4,8,13-14H,1-2,12H2/t8-/m0/s1. The summed E-state index contributed by atoms with van der Waals surface area (Å²) in [6, 6.07) is 1.78. The molecule has 0 aromatic heterocycles. The van der Waals surface area contributed by atoms with Gasteiger partial charge in [-0.15, -0.1) is 0 Å². The fraction of sp³-hybridized carbons (Fsp3) is 0.333. The molecule has 78 valence electrons. The second kappa shape index (κ2) is 4.59. The molecular weight excluding hydrogens is 209 g/mol. The van der Waals surface area contributed by atoms with Gasteiger partial charge in [0.1, 0.15) is 0 Å². The number of nitrogens with two attached hydrogens (primary N) is 1. The monoisotopic (exact) mass is 219 g/mol. The van der Waals surface area contributed by atoms with E-state index in [1.807, 2.05) is 0 Å². The third kappa shape index (κ3) is 2.35. The average Bonchev–Trinajstić information content (AvgIpc) is 2.11. The fourth-order valence-electron chi connectivity index (χ4n) is 1.16. The third-order valence-electron chi connectivity index (χ3n) is 1.90. The topological polar surface area (TPSA) is 66.5 Å². The van der Waals surface area contributed by atoms with Crippen LogP contribution in [0.5, 0.6) is 5.75 Å². The Labute approximate surface area is 85.9 Å². The molecule has 1 rings (SSSR count). The Morgan fingerprint density at radius 1 is 1.50 bits per heavy atom. The van der Waals surface area contributed by atoms with Gasteiger partial charge in [-0.1, -0.05) is 11.6 Å². The minimum atomic E-state index is -0.805. The first-order valence-corrected chi connectivity index (χ1v) is 4.48. The molecule has 0 aliphatic carbocycles. The average molecular weight is 220 g/mol. The Kier molecular flexibility index (Phi) is 3.69. The summed E-state index contributed by atoms with van der Waals surface area (Å²) in [6.07, 6.45) is 0.243. The van der Waals surface area contributed by atoms with Crippen molar-refractivity contribution in [1.82, 2.24) is 0 Å². The molecule has 5 heteroatoms. The molecule has 1 atom stereocenters. The maximum atomic E-state index is 13.0. The normalized spacial score (nSPS) is 12.9. The minimum Gasteiger partial charge on any atom is -0.505 e. The number of aromatic hydroxyl groups is 1. The van der Waals surface area contributed by atoms with Crippen LogP contribution in [0.15, 0.2) is 12.1 Å². The first kappa shape index (κ1) is 11.2. The molecule has 0 unspecified atom stereocenters. The van der Waals surface area contributed by atoms with Crippen molar-refractivity contribution in [3.05, 3.63) is 28.5 Å². The molecule has 0 saturated carbocycles. The van der Waals surface area contributed by atoms with Gasteiger partial charge in [0.15, 0.2) is 11.6 Å². The van der Waals surface area contributed by atoms with Crippen LogP contribution in [-0.2, 0) is 0 Å². The number of halogens is 2. The van der Waals surface area contributed by atoms with Crippen molar-refractivity contribution in [3.8, 4) is 5.75 Å². The van der Waals surface area contributed by atoms with Crippen molar-refractivity contribution in [2.75, 3.05) is 6.61 Å². The minimum absolute atomic E-state index is 0.130. The molecule has 3 nitrogen and oxygen atoms in total. The van der Waals surface area contributed by atoms with Crippen LogP contribution in [-0.4, -0.2) is 16.8 Å². The van der Waals surface area contributed by atoms with Crippen molar-refractivity contribution in [1.29, 1.82) is 0 Å². The SMILES string of the molecule is N[C@@H](CCO)c1cc(Cl)cc(F)c1O. The first-order chi connectivity index (χ1) is 6.56. The molecule has 1 aromatic carbocycles. The number of rotatable bonds is 3. The van der Waals surface area contributed by atoms with Crippen LogP contribution in [0.4, 0.5) is 4.39 Å². The Morgan fingerprint density at radius 3 is 2.71 bits per heavy atom. The highest BCUT2D eigenvalue weighted by atomic mass is 35.5. The number of phenolic OH excluding ortho intramolecular Hbond substituents is 1. The summed E-state index contributed by atoms with van der Waals surface area (Å²) >= 11 is 5.60. The lowest BCUT2D eigenvalue weighted by Gasteiger charge is -2.12. The molecule has 0 heterocycles. The van der Waals surface area contributed by atoms with E-state index < -0.39 is 17.6 Å². The molecule has 0 saturated heterocycles. The zero-order valence-corrected chi connectivity index (χ0v) is 8.13. The molecule has 0 spiro atoms. The van der Waals surface area contributed by atoms with Gasteiger partial charge in [-0.05, 0) is 18.6 Å². The summed E-state index contributed by atoms with van der Waals surface area (Å²) in [5.74, 6) is -1.31. The van der Waals surface area contributed by atoms with Gasteiger partial charge in [0.2, 0.25) is 0 Å². The highest BCUT2D eigenvalue weighted by Crippen LogP contribution is 2.30. The van der Waals surface area contributed by atoms with Gasteiger partial charge in [0.25, 0.3) is 0 Å². The number of aliphatic hydroxyl groups excluding tert-OH is 1. The molecule has 1 aromatic rings. The van der Waals surface area contributed by atoms with Gasteiger partial charge in [0.05, 0.1) is 0 Å². The summed E-state index contributed by atoms with van der Waals surface area (Å²) < 4.78 is 13.0. The Morgan fingerprint density at radius 2 is 2.14 bits per heavy atom. The lowest BCUT2D eigenvalue weighted by molar-refractivity contribution is 0.275. The highest BCUT2D eigenvalue weighted by molar-refractivity contribution is 6.30. The molecule has 4 N–H and O–H groups in total. The van der Waals surface area contributed by atoms with Gasteiger partial charge in [0, 0.05) is 23.2 Å². The van der Waals surface area contributed by atoms with E-state index in [0.717, 1.165) is 6.07 Å². The number of aliphatic hydroxyl groups is 1. The van der Waals surface area contributed by atoms with Gasteiger partial charge in [-0.2, -0.15) is 0 Å². The maximum Gasteiger partial charge on any atom is 0.166 e. The van der Waals surface area contributed by atoms with Crippen LogP contribution >= 0.6 is 11.6 Å². The van der Waals surface area contributed by atoms with Crippen LogP contribution in [0.1, 0.15) is 18.0 Å². The number of hydrogen-bond donors (Lipinski definition) is 3. The maximum absolute atomic E-state index is 13.0. The van der Waals surface area contributed by atoms with Crippen molar-refractivity contribution in [2.45, 2.75) is 12.5 Å². The lowest BCUT2D eigenvalue weighted by atomic mass is 10.0. The summed E-state index contributed by atoms with van der Waals surface area (Å²) in [7, 11) is 0. The Balaban J connectivity index is 3.07. The van der Waals surface area contributed by atoms with Crippen molar-refractivity contribution in [3.63, 3.8) is 0 Å². The summed E-state index contributed by atoms with van der Waals surface area (Å²) in [4.78, 5) is 0. The Hall–Kier alpha value is -0.840. The van der Waals surface area contributed by atoms with E-state index >= 15 is 0 Å². The van der Waals surface area contributed by atoms with Crippen LogP contribution < -0.4 is 5.73 Å². The van der Waals surface area contributed by atoms with E-state index in [1.54, 1.807) is 0 Å². The highest BCUT2D eigenvalue weighted by Gasteiger charge is 2.15. The van der Waals surface area contributed by atoms with Crippen LogP contribution in [0.25, 0.3) is 0 Å². The molecule has 0 bridgehead atoms. The molecule has 0 radical (unpaired) electrons. The summed E-state index contributed by atoms with van der Waals surface area (Å²) in [5, 5.41) is 18.1. The van der Waals surface area contributed by atoms with Crippen molar-refractivity contribution in [2.24, 2.45) is 5.73 Å². The zero-order chi connectivity index (χ0) is 10.7. The van der Waals surface area contributed by atoms with Gasteiger partial charge < -0.3 is 15.9 Å². The molecule has 0 aliphatic rings. The molecule has 0 fully saturated rings. The van der Waals surface area contributed by atoms with Crippen molar-refractivity contribution < 1.29 is 14.6 Å². The van der Waals surface area contributed by atoms with Crippen molar-refractivity contribution >= 4 is 11.6 Å². The van der Waals surface area contributed by atoms with Crippen LogP contribution in [0.2, 0.25) is 5.02 Å². The van der Waals surface area contributed by atoms with E-state index in [9.17, 15) is 9.50 Å². The molecule has 0 amide bonds. The number of phenols is 1. The van der Waals surface area contributed by atoms with E-state index in [2.05, 4.69) is 0 Å². The van der Waals surface area contributed by atoms with Crippen LogP contribution in [0, 0.1) is 5.82 Å². The smallest absolute Gasteiger partial charge is 0.166 e. The van der Waals surface area contributed by atoms with Gasteiger partial charge >= 0.3 is 0 Å². The van der Waals surface area contributed by atoms with Crippen LogP contribution in [0.3, 0.4) is 0 Å².